The first-order chi connectivity index (χ1) is 27.2. The first kappa shape index (κ1) is 30.7. The highest BCUT2D eigenvalue weighted by Crippen LogP contribution is 2.58. The van der Waals surface area contributed by atoms with Gasteiger partial charge in [0.25, 0.3) is 0 Å². The van der Waals surface area contributed by atoms with E-state index >= 15 is 4.57 Å². The fourth-order valence-corrected chi connectivity index (χ4v) is 13.0. The van der Waals surface area contributed by atoms with Gasteiger partial charge < -0.3 is 9.13 Å². The van der Waals surface area contributed by atoms with Crippen LogP contribution in [0, 0.1) is 0 Å². The van der Waals surface area contributed by atoms with E-state index in [0.717, 1.165) is 60.1 Å². The van der Waals surface area contributed by atoms with Crippen LogP contribution >= 0.6 is 7.14 Å². The Labute approximate surface area is 319 Å². The van der Waals surface area contributed by atoms with Gasteiger partial charge in [0.05, 0.1) is 16.7 Å². The SMILES string of the molecule is O=P1(c2ccccc2)c2ccccc2-c2ccc3c(c21)c1ccccc1n3-c1cc(-c2ccccc2)c2c(c1-c1ccccc1)-c1cccc3cccc-2c13. The molecule has 3 heteroatoms. The van der Waals surface area contributed by atoms with Crippen molar-refractivity contribution in [2.45, 2.75) is 0 Å². The molecular formula is C52H32NOP. The van der Waals surface area contributed by atoms with Crippen LogP contribution in [0.4, 0.5) is 0 Å². The van der Waals surface area contributed by atoms with Crippen LogP contribution in [0.25, 0.3) is 93.9 Å². The van der Waals surface area contributed by atoms with Crippen molar-refractivity contribution in [3.8, 4) is 61.3 Å². The molecule has 2 nitrogen and oxygen atoms in total. The molecule has 0 radical (unpaired) electrons. The predicted octanol–water partition coefficient (Wildman–Crippen LogP) is 12.5. The monoisotopic (exact) mass is 717 g/mol. The molecule has 1 aliphatic heterocycles. The van der Waals surface area contributed by atoms with Gasteiger partial charge in [-0.3, -0.25) is 0 Å². The van der Waals surface area contributed by atoms with Crippen molar-refractivity contribution < 1.29 is 4.57 Å². The molecular weight excluding hydrogens is 686 g/mol. The molecule has 9 aromatic carbocycles. The lowest BCUT2D eigenvalue weighted by molar-refractivity contribution is 0.593. The zero-order valence-corrected chi connectivity index (χ0v) is 30.7. The summed E-state index contributed by atoms with van der Waals surface area (Å²) in [7, 11) is -3.25. The maximum Gasteiger partial charge on any atom is 0.172 e. The van der Waals surface area contributed by atoms with Crippen molar-refractivity contribution in [1.82, 2.24) is 4.57 Å². The molecule has 55 heavy (non-hydrogen) atoms. The average molecular weight is 718 g/mol. The van der Waals surface area contributed by atoms with Gasteiger partial charge >= 0.3 is 0 Å². The summed E-state index contributed by atoms with van der Waals surface area (Å²) in [5, 5.41) is 7.43. The second kappa shape index (κ2) is 11.4. The highest BCUT2D eigenvalue weighted by atomic mass is 31.2. The molecule has 1 unspecified atom stereocenters. The highest BCUT2D eigenvalue weighted by Gasteiger charge is 2.42. The van der Waals surface area contributed by atoms with E-state index in [9.17, 15) is 0 Å². The van der Waals surface area contributed by atoms with Crippen molar-refractivity contribution >= 4 is 55.6 Å². The molecule has 0 fully saturated rings. The second-order valence-electron chi connectivity index (χ2n) is 14.7. The van der Waals surface area contributed by atoms with E-state index < -0.39 is 7.14 Å². The van der Waals surface area contributed by atoms with E-state index in [0.29, 0.717) is 0 Å². The molecule has 256 valence electrons. The Bertz CT molecular complexity index is 3270. The largest absolute Gasteiger partial charge is 0.309 e. The normalized spacial score (nSPS) is 15.1. The van der Waals surface area contributed by atoms with Crippen LogP contribution in [0.15, 0.2) is 194 Å². The molecule has 0 spiro atoms. The number of hydrogen-bond donors (Lipinski definition) is 0. The van der Waals surface area contributed by atoms with E-state index in [1.165, 1.54) is 49.7 Å². The highest BCUT2D eigenvalue weighted by molar-refractivity contribution is 7.86. The number of para-hydroxylation sites is 1. The van der Waals surface area contributed by atoms with Crippen molar-refractivity contribution in [2.24, 2.45) is 0 Å². The zero-order valence-electron chi connectivity index (χ0n) is 29.8. The van der Waals surface area contributed by atoms with Crippen molar-refractivity contribution in [3.05, 3.63) is 194 Å². The first-order valence-corrected chi connectivity index (χ1v) is 20.6. The summed E-state index contributed by atoms with van der Waals surface area (Å²) in [6.45, 7) is 0. The van der Waals surface area contributed by atoms with E-state index in [1.807, 2.05) is 36.4 Å². The van der Waals surface area contributed by atoms with E-state index in [4.69, 9.17) is 0 Å². The lowest BCUT2D eigenvalue weighted by Crippen LogP contribution is -2.21. The minimum atomic E-state index is -3.25. The van der Waals surface area contributed by atoms with Crippen LogP contribution in [-0.4, -0.2) is 4.57 Å². The lowest BCUT2D eigenvalue weighted by Gasteiger charge is -2.22. The molecule has 1 aliphatic carbocycles. The summed E-state index contributed by atoms with van der Waals surface area (Å²) in [6.07, 6.45) is 0. The van der Waals surface area contributed by atoms with Gasteiger partial charge in [0.15, 0.2) is 7.14 Å². The molecule has 0 amide bonds. The Morgan fingerprint density at radius 1 is 0.400 bits per heavy atom. The fraction of sp³-hybridized carbons (Fsp3) is 0. The van der Waals surface area contributed by atoms with Crippen LogP contribution in [0.5, 0.6) is 0 Å². The quantitative estimate of drug-likeness (QED) is 0.166. The number of benzene rings is 9. The van der Waals surface area contributed by atoms with Crippen LogP contribution in [0.3, 0.4) is 0 Å². The van der Waals surface area contributed by atoms with Crippen LogP contribution in [0.2, 0.25) is 0 Å². The molecule has 12 rings (SSSR count). The molecule has 10 aromatic rings. The van der Waals surface area contributed by atoms with Crippen molar-refractivity contribution in [1.29, 1.82) is 0 Å². The Balaban J connectivity index is 1.28. The Hall–Kier alpha value is -6.73. The minimum absolute atomic E-state index is 0.866. The summed E-state index contributed by atoms with van der Waals surface area (Å²) in [5.41, 5.74) is 15.1. The molecule has 0 bridgehead atoms. The standard InChI is InChI=1S/C52H32NOP/c54-55(36-22-8-3-9-23-36)46-29-13-11-24-37(46)38-30-31-44-50(52(38)55)39-25-10-12-28-43(39)53(44)45-32-42(33-16-4-1-5-17-33)49-40-26-14-20-34-21-15-27-41(47(34)40)51(49)48(45)35-18-6-2-7-19-35/h1-32H. The minimum Gasteiger partial charge on any atom is -0.309 e. The Kier molecular flexibility index (Phi) is 6.36. The first-order valence-electron chi connectivity index (χ1n) is 18.9. The Morgan fingerprint density at radius 2 is 1.02 bits per heavy atom. The molecule has 1 atom stereocenters. The van der Waals surface area contributed by atoms with Crippen LogP contribution in [-0.2, 0) is 4.57 Å². The number of nitrogens with zero attached hydrogens (tertiary/aromatic N) is 1. The van der Waals surface area contributed by atoms with Crippen LogP contribution in [0.1, 0.15) is 0 Å². The number of aromatic nitrogens is 1. The average Bonchev–Trinajstić information content (AvgIpc) is 3.86. The van der Waals surface area contributed by atoms with Gasteiger partial charge in [-0.1, -0.05) is 176 Å². The molecule has 0 N–H and O–H groups in total. The summed E-state index contributed by atoms with van der Waals surface area (Å²) >= 11 is 0. The van der Waals surface area contributed by atoms with Gasteiger partial charge in [-0.15, -0.1) is 0 Å². The van der Waals surface area contributed by atoms with Gasteiger partial charge in [0.2, 0.25) is 0 Å². The van der Waals surface area contributed by atoms with Crippen molar-refractivity contribution in [3.63, 3.8) is 0 Å². The third-order valence-corrected chi connectivity index (χ3v) is 15.1. The topological polar surface area (TPSA) is 22.0 Å². The number of hydrogen-bond acceptors (Lipinski definition) is 1. The van der Waals surface area contributed by atoms with Gasteiger partial charge in [0.1, 0.15) is 0 Å². The number of rotatable bonds is 4. The molecule has 0 saturated heterocycles. The zero-order chi connectivity index (χ0) is 36.3. The summed E-state index contributed by atoms with van der Waals surface area (Å²) < 4.78 is 18.6. The maximum absolute atomic E-state index is 16.2. The maximum atomic E-state index is 16.2. The molecule has 2 aliphatic rings. The third-order valence-electron chi connectivity index (χ3n) is 11.9. The third kappa shape index (κ3) is 4.07. The summed E-state index contributed by atoms with van der Waals surface area (Å²) in [4.78, 5) is 0. The van der Waals surface area contributed by atoms with E-state index in [2.05, 4.69) is 162 Å². The van der Waals surface area contributed by atoms with E-state index in [-0.39, 0.29) is 0 Å². The van der Waals surface area contributed by atoms with E-state index in [1.54, 1.807) is 0 Å². The summed E-state index contributed by atoms with van der Waals surface area (Å²) in [6, 6.07) is 69.2. The molecule has 2 heterocycles. The Morgan fingerprint density at radius 3 is 1.78 bits per heavy atom. The van der Waals surface area contributed by atoms with Crippen LogP contribution < -0.4 is 15.9 Å². The summed E-state index contributed by atoms with van der Waals surface area (Å²) in [5.74, 6) is 0. The smallest absolute Gasteiger partial charge is 0.172 e. The van der Waals surface area contributed by atoms with Gasteiger partial charge in [-0.2, -0.15) is 0 Å². The van der Waals surface area contributed by atoms with Gasteiger partial charge in [-0.25, -0.2) is 0 Å². The second-order valence-corrected chi connectivity index (χ2v) is 17.3. The molecule has 0 saturated carbocycles. The van der Waals surface area contributed by atoms with Gasteiger partial charge in [-0.05, 0) is 73.5 Å². The number of fused-ring (bicyclic) bond motifs is 10. The van der Waals surface area contributed by atoms with Crippen molar-refractivity contribution in [2.75, 3.05) is 0 Å². The lowest BCUT2D eigenvalue weighted by atomic mass is 9.86. The fourth-order valence-electron chi connectivity index (χ4n) is 9.74. The van der Waals surface area contributed by atoms with Gasteiger partial charge in [0, 0.05) is 37.8 Å². The molecule has 1 aromatic heterocycles. The predicted molar refractivity (Wildman–Crippen MR) is 232 cm³/mol.